The molecule has 0 saturated heterocycles. The van der Waals surface area contributed by atoms with Crippen molar-refractivity contribution in [2.24, 2.45) is 0 Å². The number of aryl methyl sites for hydroxylation is 1. The predicted molar refractivity (Wildman–Crippen MR) is 113 cm³/mol. The van der Waals surface area contributed by atoms with Gasteiger partial charge in [-0.3, -0.25) is 4.79 Å². The van der Waals surface area contributed by atoms with Crippen molar-refractivity contribution in [2.45, 2.75) is 33.4 Å². The van der Waals surface area contributed by atoms with E-state index in [1.165, 1.54) is 11.3 Å². The van der Waals surface area contributed by atoms with Crippen LogP contribution < -0.4 is 0 Å². The fourth-order valence-corrected chi connectivity index (χ4v) is 3.80. The molecule has 0 atom stereocenters. The van der Waals surface area contributed by atoms with Crippen molar-refractivity contribution in [3.8, 4) is 16.3 Å². The summed E-state index contributed by atoms with van der Waals surface area (Å²) in [6.45, 7) is 6.30. The summed E-state index contributed by atoms with van der Waals surface area (Å²) in [5, 5.41) is 6.99. The average molecular weight is 407 g/mol. The van der Waals surface area contributed by atoms with Crippen LogP contribution in [-0.2, 0) is 6.54 Å². The van der Waals surface area contributed by atoms with Gasteiger partial charge < -0.3 is 9.32 Å². The zero-order valence-corrected chi connectivity index (χ0v) is 17.4. The van der Waals surface area contributed by atoms with Crippen LogP contribution in [0.1, 0.15) is 35.9 Å². The Morgan fingerprint density at radius 1 is 1.21 bits per heavy atom. The summed E-state index contributed by atoms with van der Waals surface area (Å²) in [5.74, 6) is 1.50. The molecule has 0 aliphatic carbocycles. The summed E-state index contributed by atoms with van der Waals surface area (Å²) in [6.07, 6.45) is 3.69. The highest BCUT2D eigenvalue weighted by molar-refractivity contribution is 7.13. The van der Waals surface area contributed by atoms with E-state index < -0.39 is 0 Å². The van der Waals surface area contributed by atoms with Crippen molar-refractivity contribution in [1.82, 2.24) is 19.7 Å². The molecule has 6 nitrogen and oxygen atoms in total. The molecule has 0 bridgehead atoms. The summed E-state index contributed by atoms with van der Waals surface area (Å²) >= 11 is 1.44. The molecule has 4 aromatic rings. The fourth-order valence-electron chi connectivity index (χ4n) is 3.03. The van der Waals surface area contributed by atoms with E-state index in [4.69, 9.17) is 4.42 Å². The second-order valence-corrected chi connectivity index (χ2v) is 7.94. The van der Waals surface area contributed by atoms with Gasteiger partial charge in [0, 0.05) is 23.2 Å². The van der Waals surface area contributed by atoms with Gasteiger partial charge in [0.05, 0.1) is 18.4 Å². The quantitative estimate of drug-likeness (QED) is 0.455. The SMILES string of the molecule is Cc1ccc(CN(C(=O)c2csc(-c3cnn(-c4ccccc4)c3)n2)C(C)C)o1. The number of hydrogen-bond donors (Lipinski definition) is 0. The Kier molecular flexibility index (Phi) is 5.31. The first-order valence-electron chi connectivity index (χ1n) is 9.43. The average Bonchev–Trinajstić information content (AvgIpc) is 3.46. The maximum atomic E-state index is 13.1. The number of thiazole rings is 1. The third-order valence-electron chi connectivity index (χ3n) is 4.58. The van der Waals surface area contributed by atoms with Crippen molar-refractivity contribution >= 4 is 17.2 Å². The van der Waals surface area contributed by atoms with Gasteiger partial charge in [-0.1, -0.05) is 18.2 Å². The Labute approximate surface area is 173 Å². The maximum Gasteiger partial charge on any atom is 0.273 e. The van der Waals surface area contributed by atoms with Crippen molar-refractivity contribution < 1.29 is 9.21 Å². The van der Waals surface area contributed by atoms with Crippen LogP contribution in [0.3, 0.4) is 0 Å². The molecule has 7 heteroatoms. The molecule has 0 saturated carbocycles. The van der Waals surface area contributed by atoms with E-state index in [2.05, 4.69) is 10.1 Å². The number of carbonyl (C=O) groups excluding carboxylic acids is 1. The Morgan fingerprint density at radius 2 is 2.00 bits per heavy atom. The molecule has 0 aliphatic rings. The van der Waals surface area contributed by atoms with Gasteiger partial charge in [0.25, 0.3) is 5.91 Å². The number of benzene rings is 1. The van der Waals surface area contributed by atoms with E-state index in [-0.39, 0.29) is 11.9 Å². The largest absolute Gasteiger partial charge is 0.464 e. The van der Waals surface area contributed by atoms with Gasteiger partial charge in [0.15, 0.2) is 0 Å². The second-order valence-electron chi connectivity index (χ2n) is 7.09. The molecule has 0 fully saturated rings. The van der Waals surface area contributed by atoms with Gasteiger partial charge in [0.1, 0.15) is 22.2 Å². The predicted octanol–water partition coefficient (Wildman–Crippen LogP) is 4.95. The van der Waals surface area contributed by atoms with Crippen LogP contribution in [0, 0.1) is 6.92 Å². The van der Waals surface area contributed by atoms with Gasteiger partial charge in [-0.15, -0.1) is 11.3 Å². The summed E-state index contributed by atoms with van der Waals surface area (Å²) < 4.78 is 7.45. The van der Waals surface area contributed by atoms with E-state index in [0.29, 0.717) is 12.2 Å². The number of para-hydroxylation sites is 1. The minimum absolute atomic E-state index is 0.0267. The molecule has 0 radical (unpaired) electrons. The van der Waals surface area contributed by atoms with Crippen LogP contribution in [-0.4, -0.2) is 31.6 Å². The Hall–Kier alpha value is -3.19. The van der Waals surface area contributed by atoms with Crippen LogP contribution in [0.5, 0.6) is 0 Å². The highest BCUT2D eigenvalue weighted by Gasteiger charge is 2.23. The molecule has 3 heterocycles. The Morgan fingerprint density at radius 3 is 2.69 bits per heavy atom. The molecule has 148 valence electrons. The maximum absolute atomic E-state index is 13.1. The highest BCUT2D eigenvalue weighted by atomic mass is 32.1. The van der Waals surface area contributed by atoms with Gasteiger partial charge in [-0.25, -0.2) is 9.67 Å². The lowest BCUT2D eigenvalue weighted by Gasteiger charge is -2.25. The van der Waals surface area contributed by atoms with Crippen LogP contribution in [0.4, 0.5) is 0 Å². The monoisotopic (exact) mass is 406 g/mol. The first kappa shape index (κ1) is 19.1. The molecular weight excluding hydrogens is 384 g/mol. The normalized spacial score (nSPS) is 11.2. The molecule has 0 spiro atoms. The topological polar surface area (TPSA) is 64.2 Å². The van der Waals surface area contributed by atoms with Crippen molar-refractivity contribution in [1.29, 1.82) is 0 Å². The van der Waals surface area contributed by atoms with Crippen molar-refractivity contribution in [3.05, 3.63) is 77.5 Å². The molecule has 3 aromatic heterocycles. The lowest BCUT2D eigenvalue weighted by atomic mass is 10.2. The first-order valence-corrected chi connectivity index (χ1v) is 10.3. The Bertz CT molecular complexity index is 1110. The number of amides is 1. The van der Waals surface area contributed by atoms with Crippen molar-refractivity contribution in [3.63, 3.8) is 0 Å². The van der Waals surface area contributed by atoms with E-state index >= 15 is 0 Å². The number of furan rings is 1. The molecule has 0 N–H and O–H groups in total. The van der Waals surface area contributed by atoms with Gasteiger partial charge in [-0.2, -0.15) is 5.10 Å². The summed E-state index contributed by atoms with van der Waals surface area (Å²) in [4.78, 5) is 19.4. The minimum Gasteiger partial charge on any atom is -0.464 e. The first-order chi connectivity index (χ1) is 14.0. The van der Waals surface area contributed by atoms with Crippen LogP contribution in [0.2, 0.25) is 0 Å². The third-order valence-corrected chi connectivity index (χ3v) is 5.47. The van der Waals surface area contributed by atoms with Crippen LogP contribution in [0.15, 0.2) is 64.7 Å². The second kappa shape index (κ2) is 8.05. The zero-order valence-electron chi connectivity index (χ0n) is 16.6. The van der Waals surface area contributed by atoms with Gasteiger partial charge >= 0.3 is 0 Å². The Balaban J connectivity index is 1.54. The summed E-state index contributed by atoms with van der Waals surface area (Å²) in [6, 6.07) is 13.7. The van der Waals surface area contributed by atoms with Gasteiger partial charge in [-0.05, 0) is 45.0 Å². The number of aromatic nitrogens is 3. The third kappa shape index (κ3) is 4.14. The summed E-state index contributed by atoms with van der Waals surface area (Å²) in [7, 11) is 0. The molecule has 0 unspecified atom stereocenters. The van der Waals surface area contributed by atoms with E-state index in [1.54, 1.807) is 21.2 Å². The van der Waals surface area contributed by atoms with E-state index in [0.717, 1.165) is 27.8 Å². The number of rotatable bonds is 6. The van der Waals surface area contributed by atoms with E-state index in [9.17, 15) is 4.79 Å². The zero-order chi connectivity index (χ0) is 20.4. The lowest BCUT2D eigenvalue weighted by molar-refractivity contribution is 0.0670. The molecule has 1 aromatic carbocycles. The van der Waals surface area contributed by atoms with E-state index in [1.807, 2.05) is 69.4 Å². The molecule has 1 amide bonds. The number of nitrogens with zero attached hydrogens (tertiary/aromatic N) is 4. The van der Waals surface area contributed by atoms with Crippen LogP contribution in [0.25, 0.3) is 16.3 Å². The fraction of sp³-hybridized carbons (Fsp3) is 0.227. The lowest BCUT2D eigenvalue weighted by Crippen LogP contribution is -2.36. The highest BCUT2D eigenvalue weighted by Crippen LogP contribution is 2.25. The molecule has 0 aliphatic heterocycles. The van der Waals surface area contributed by atoms with Gasteiger partial charge in [0.2, 0.25) is 0 Å². The van der Waals surface area contributed by atoms with Crippen LogP contribution >= 0.6 is 11.3 Å². The van der Waals surface area contributed by atoms with Crippen molar-refractivity contribution in [2.75, 3.05) is 0 Å². The smallest absolute Gasteiger partial charge is 0.273 e. The standard InChI is InChI=1S/C22H22N4O2S/c1-15(2)25(13-19-10-9-16(3)28-19)22(27)20-14-29-21(24-20)17-11-23-26(12-17)18-7-5-4-6-8-18/h4-12,14-15H,13H2,1-3H3. The summed E-state index contributed by atoms with van der Waals surface area (Å²) in [5.41, 5.74) is 2.30. The molecule has 29 heavy (non-hydrogen) atoms. The number of carbonyl (C=O) groups is 1. The molecule has 4 rings (SSSR count). The minimum atomic E-state index is -0.105. The molecular formula is C22H22N4O2S. The number of hydrogen-bond acceptors (Lipinski definition) is 5.